The molecule has 1 aliphatic heterocycles. The van der Waals surface area contributed by atoms with Crippen LogP contribution in [-0.4, -0.2) is 44.1 Å². The number of nitrogens with zero attached hydrogens (tertiary/aromatic N) is 1. The number of carbonyl (C=O) groups excluding carboxylic acids is 1. The van der Waals surface area contributed by atoms with Gasteiger partial charge in [0.2, 0.25) is 15.9 Å². The molecule has 0 unspecified atom stereocenters. The van der Waals surface area contributed by atoms with Crippen molar-refractivity contribution in [3.05, 3.63) is 0 Å². The minimum Gasteiger partial charge on any atom is -0.342 e. The normalized spacial score (nSPS) is 31.1. The van der Waals surface area contributed by atoms with Crippen molar-refractivity contribution in [2.24, 2.45) is 11.8 Å². The van der Waals surface area contributed by atoms with Crippen molar-refractivity contribution in [1.82, 2.24) is 9.62 Å². The van der Waals surface area contributed by atoms with E-state index in [1.165, 1.54) is 0 Å². The van der Waals surface area contributed by atoms with Gasteiger partial charge >= 0.3 is 0 Å². The van der Waals surface area contributed by atoms with E-state index in [4.69, 9.17) is 0 Å². The first-order valence-electron chi connectivity index (χ1n) is 8.13. The summed E-state index contributed by atoms with van der Waals surface area (Å²) >= 11 is 0. The van der Waals surface area contributed by atoms with Crippen molar-refractivity contribution in [2.45, 2.75) is 58.4 Å². The van der Waals surface area contributed by atoms with Crippen LogP contribution in [0.4, 0.5) is 0 Å². The fourth-order valence-corrected chi connectivity index (χ4v) is 4.68. The molecule has 0 aromatic heterocycles. The Balaban J connectivity index is 1.84. The first-order chi connectivity index (χ1) is 9.85. The maximum atomic E-state index is 12.2. The largest absolute Gasteiger partial charge is 0.342 e. The maximum absolute atomic E-state index is 12.2. The van der Waals surface area contributed by atoms with E-state index in [2.05, 4.69) is 18.6 Å². The molecule has 1 amide bonds. The van der Waals surface area contributed by atoms with Gasteiger partial charge in [-0.05, 0) is 50.4 Å². The molecule has 1 saturated heterocycles. The highest BCUT2D eigenvalue weighted by molar-refractivity contribution is 7.90. The molecule has 1 heterocycles. The van der Waals surface area contributed by atoms with E-state index in [9.17, 15) is 13.2 Å². The number of hydrogen-bond donors (Lipinski definition) is 1. The molecule has 1 saturated carbocycles. The van der Waals surface area contributed by atoms with Gasteiger partial charge in [-0.25, -0.2) is 13.1 Å². The van der Waals surface area contributed by atoms with E-state index in [0.717, 1.165) is 38.5 Å². The predicted molar refractivity (Wildman–Crippen MR) is 83.3 cm³/mol. The molecule has 122 valence electrons. The molecule has 1 aliphatic carbocycles. The smallest absolute Gasteiger partial charge is 0.239 e. The summed E-state index contributed by atoms with van der Waals surface area (Å²) in [5, 5.41) is 0. The summed E-state index contributed by atoms with van der Waals surface area (Å²) in [6, 6.07) is 0.0132. The molecule has 0 radical (unpaired) electrons. The van der Waals surface area contributed by atoms with Crippen LogP contribution < -0.4 is 4.72 Å². The number of hydrogen-bond acceptors (Lipinski definition) is 3. The van der Waals surface area contributed by atoms with Gasteiger partial charge in [0, 0.05) is 19.1 Å². The Labute approximate surface area is 128 Å². The zero-order valence-electron chi connectivity index (χ0n) is 13.2. The molecule has 21 heavy (non-hydrogen) atoms. The monoisotopic (exact) mass is 316 g/mol. The van der Waals surface area contributed by atoms with Gasteiger partial charge in [-0.1, -0.05) is 13.8 Å². The number of likely N-dealkylation sites (tertiary alicyclic amines) is 1. The number of carbonyl (C=O) groups is 1. The zero-order valence-corrected chi connectivity index (χ0v) is 14.0. The van der Waals surface area contributed by atoms with Crippen molar-refractivity contribution in [2.75, 3.05) is 18.8 Å². The number of sulfonamides is 1. The second-order valence-corrected chi connectivity index (χ2v) is 8.67. The zero-order chi connectivity index (χ0) is 15.5. The Morgan fingerprint density at radius 3 is 2.38 bits per heavy atom. The highest BCUT2D eigenvalue weighted by Gasteiger charge is 2.28. The lowest BCUT2D eigenvalue weighted by Gasteiger charge is -2.31. The van der Waals surface area contributed by atoms with E-state index in [1.807, 2.05) is 0 Å². The van der Waals surface area contributed by atoms with E-state index in [-0.39, 0.29) is 11.9 Å². The van der Waals surface area contributed by atoms with Gasteiger partial charge in [0.1, 0.15) is 5.75 Å². The SMILES string of the molecule is CC1CCC(NS(=O)(=O)CC(=O)N2CCC[C@H](C)C2)CC1. The van der Waals surface area contributed by atoms with Crippen molar-refractivity contribution in [3.8, 4) is 0 Å². The maximum Gasteiger partial charge on any atom is 0.239 e. The Morgan fingerprint density at radius 1 is 1.10 bits per heavy atom. The van der Waals surface area contributed by atoms with Gasteiger partial charge < -0.3 is 4.90 Å². The lowest BCUT2D eigenvalue weighted by Crippen LogP contribution is -2.46. The van der Waals surface area contributed by atoms with Crippen molar-refractivity contribution in [3.63, 3.8) is 0 Å². The van der Waals surface area contributed by atoms with Crippen LogP contribution in [0.15, 0.2) is 0 Å². The molecule has 2 rings (SSSR count). The molecule has 1 atom stereocenters. The third-order valence-corrected chi connectivity index (χ3v) is 6.00. The van der Waals surface area contributed by atoms with Crippen molar-refractivity contribution < 1.29 is 13.2 Å². The third kappa shape index (κ3) is 5.25. The van der Waals surface area contributed by atoms with Crippen LogP contribution in [-0.2, 0) is 14.8 Å². The second-order valence-electron chi connectivity index (χ2n) is 6.92. The van der Waals surface area contributed by atoms with E-state index < -0.39 is 15.8 Å². The number of rotatable bonds is 4. The highest BCUT2D eigenvalue weighted by atomic mass is 32.2. The molecule has 6 heteroatoms. The van der Waals surface area contributed by atoms with E-state index in [1.54, 1.807) is 4.90 Å². The van der Waals surface area contributed by atoms with Crippen LogP contribution in [0.25, 0.3) is 0 Å². The van der Waals surface area contributed by atoms with Crippen LogP contribution >= 0.6 is 0 Å². The van der Waals surface area contributed by atoms with Crippen LogP contribution in [0.5, 0.6) is 0 Å². The summed E-state index contributed by atoms with van der Waals surface area (Å²) in [5.74, 6) is 0.504. The number of nitrogens with one attached hydrogen (secondary N) is 1. The Kier molecular flexibility index (Phi) is 5.66. The van der Waals surface area contributed by atoms with E-state index >= 15 is 0 Å². The molecule has 2 fully saturated rings. The van der Waals surface area contributed by atoms with Crippen LogP contribution in [0.2, 0.25) is 0 Å². The number of amides is 1. The standard InChI is InChI=1S/C15H28N2O3S/c1-12-5-7-14(8-6-12)16-21(19,20)11-15(18)17-9-3-4-13(2)10-17/h12-14,16H,3-11H2,1-2H3/t12?,13-,14?/m0/s1. The highest BCUT2D eigenvalue weighted by Crippen LogP contribution is 2.24. The number of piperidine rings is 1. The molecule has 0 aromatic carbocycles. The molecule has 5 nitrogen and oxygen atoms in total. The molecule has 0 aromatic rings. The summed E-state index contributed by atoms with van der Waals surface area (Å²) < 4.78 is 27.0. The van der Waals surface area contributed by atoms with Crippen molar-refractivity contribution >= 4 is 15.9 Å². The summed E-state index contributed by atoms with van der Waals surface area (Å²) in [6.45, 7) is 5.69. The van der Waals surface area contributed by atoms with Gasteiger partial charge in [0.25, 0.3) is 0 Å². The second kappa shape index (κ2) is 7.09. The summed E-state index contributed by atoms with van der Waals surface area (Å²) in [5.41, 5.74) is 0. The fraction of sp³-hybridized carbons (Fsp3) is 0.933. The molecular weight excluding hydrogens is 288 g/mol. The molecule has 0 spiro atoms. The first-order valence-corrected chi connectivity index (χ1v) is 9.79. The van der Waals surface area contributed by atoms with Crippen LogP contribution in [0.1, 0.15) is 52.4 Å². The minimum atomic E-state index is -3.51. The Morgan fingerprint density at radius 2 is 1.76 bits per heavy atom. The summed E-state index contributed by atoms with van der Waals surface area (Å²) in [4.78, 5) is 13.9. The van der Waals surface area contributed by atoms with Gasteiger partial charge in [-0.2, -0.15) is 0 Å². The topological polar surface area (TPSA) is 66.5 Å². The van der Waals surface area contributed by atoms with E-state index in [0.29, 0.717) is 24.9 Å². The van der Waals surface area contributed by atoms with Crippen LogP contribution in [0.3, 0.4) is 0 Å². The van der Waals surface area contributed by atoms with Gasteiger partial charge in [-0.15, -0.1) is 0 Å². The summed E-state index contributed by atoms with van der Waals surface area (Å²) in [6.07, 6.45) is 5.98. The third-order valence-electron chi connectivity index (χ3n) is 4.69. The average Bonchev–Trinajstić information content (AvgIpc) is 2.40. The minimum absolute atomic E-state index is 0.0132. The predicted octanol–water partition coefficient (Wildman–Crippen LogP) is 1.74. The first kappa shape index (κ1) is 16.7. The molecule has 0 bridgehead atoms. The molecule has 1 N–H and O–H groups in total. The van der Waals surface area contributed by atoms with Gasteiger partial charge in [-0.3, -0.25) is 4.79 Å². The summed E-state index contributed by atoms with van der Waals surface area (Å²) in [7, 11) is -3.51. The quantitative estimate of drug-likeness (QED) is 0.859. The van der Waals surface area contributed by atoms with Crippen LogP contribution in [0, 0.1) is 11.8 Å². The Hall–Kier alpha value is -0.620. The molecule has 2 aliphatic rings. The van der Waals surface area contributed by atoms with Crippen molar-refractivity contribution in [1.29, 1.82) is 0 Å². The van der Waals surface area contributed by atoms with Gasteiger partial charge in [0.05, 0.1) is 0 Å². The Bertz CT molecular complexity index is 456. The lowest BCUT2D eigenvalue weighted by atomic mass is 9.88. The molecular formula is C15H28N2O3S. The lowest BCUT2D eigenvalue weighted by molar-refractivity contribution is -0.130. The fourth-order valence-electron chi connectivity index (χ4n) is 3.34. The van der Waals surface area contributed by atoms with Gasteiger partial charge in [0.15, 0.2) is 0 Å². The average molecular weight is 316 g/mol.